The van der Waals surface area contributed by atoms with E-state index in [9.17, 15) is 0 Å². The number of aryl methyl sites for hydroxylation is 1. The minimum absolute atomic E-state index is 0.972. The number of rotatable bonds is 1. The molecule has 96 valence electrons. The van der Waals surface area contributed by atoms with Crippen molar-refractivity contribution in [3.05, 3.63) is 72.5 Å². The fourth-order valence-corrected chi connectivity index (χ4v) is 2.80. The van der Waals surface area contributed by atoms with Gasteiger partial charge in [0.15, 0.2) is 0 Å². The Bertz CT molecular complexity index is 915. The van der Waals surface area contributed by atoms with E-state index < -0.39 is 0 Å². The molecule has 1 heteroatoms. The Morgan fingerprint density at radius 2 is 1.70 bits per heavy atom. The summed E-state index contributed by atoms with van der Waals surface area (Å²) in [6.07, 6.45) is 1.87. The van der Waals surface area contributed by atoms with Crippen LogP contribution in [0.5, 0.6) is 0 Å². The minimum atomic E-state index is 0.972. The molecular formula is C19H14O. The van der Waals surface area contributed by atoms with Gasteiger partial charge in [-0.15, -0.1) is 0 Å². The number of benzene rings is 3. The van der Waals surface area contributed by atoms with E-state index in [1.807, 2.05) is 6.26 Å². The van der Waals surface area contributed by atoms with E-state index in [0.29, 0.717) is 0 Å². The number of hydrogen-bond donors (Lipinski definition) is 0. The minimum Gasteiger partial charge on any atom is -0.463 e. The molecule has 0 aliphatic heterocycles. The highest BCUT2D eigenvalue weighted by atomic mass is 16.3. The van der Waals surface area contributed by atoms with Crippen molar-refractivity contribution in [2.24, 2.45) is 0 Å². The molecule has 0 unspecified atom stereocenters. The maximum Gasteiger partial charge on any atom is 0.142 e. The lowest BCUT2D eigenvalue weighted by atomic mass is 10.0. The van der Waals surface area contributed by atoms with Crippen molar-refractivity contribution in [1.82, 2.24) is 0 Å². The molecule has 0 N–H and O–H groups in total. The van der Waals surface area contributed by atoms with Crippen LogP contribution in [-0.2, 0) is 0 Å². The highest BCUT2D eigenvalue weighted by Gasteiger charge is 2.10. The molecule has 0 fully saturated rings. The Hall–Kier alpha value is -2.54. The second kappa shape index (κ2) is 4.24. The first-order valence-corrected chi connectivity index (χ1v) is 6.79. The number of fused-ring (bicyclic) bond motifs is 3. The van der Waals surface area contributed by atoms with Crippen LogP contribution in [-0.4, -0.2) is 0 Å². The van der Waals surface area contributed by atoms with Crippen LogP contribution in [0.1, 0.15) is 5.56 Å². The summed E-state index contributed by atoms with van der Waals surface area (Å²) in [5.41, 5.74) is 4.60. The largest absolute Gasteiger partial charge is 0.463 e. The molecule has 0 saturated heterocycles. The van der Waals surface area contributed by atoms with E-state index >= 15 is 0 Å². The van der Waals surface area contributed by atoms with Crippen LogP contribution in [0.2, 0.25) is 0 Å². The van der Waals surface area contributed by atoms with Gasteiger partial charge in [0.05, 0.1) is 6.26 Å². The maximum atomic E-state index is 5.86. The summed E-state index contributed by atoms with van der Waals surface area (Å²) in [6, 6.07) is 21.2. The molecule has 20 heavy (non-hydrogen) atoms. The van der Waals surface area contributed by atoms with Crippen molar-refractivity contribution < 1.29 is 4.42 Å². The number of hydrogen-bond acceptors (Lipinski definition) is 1. The van der Waals surface area contributed by atoms with Gasteiger partial charge in [-0.25, -0.2) is 0 Å². The van der Waals surface area contributed by atoms with E-state index in [-0.39, 0.29) is 0 Å². The fourth-order valence-electron chi connectivity index (χ4n) is 2.80. The van der Waals surface area contributed by atoms with E-state index in [1.54, 1.807) is 0 Å². The molecule has 0 bridgehead atoms. The Labute approximate surface area is 117 Å². The first kappa shape index (κ1) is 11.3. The molecule has 1 heterocycles. The molecule has 0 spiro atoms. The topological polar surface area (TPSA) is 13.1 Å². The molecule has 1 nitrogen and oxygen atoms in total. The van der Waals surface area contributed by atoms with Crippen LogP contribution in [0.25, 0.3) is 32.9 Å². The summed E-state index contributed by atoms with van der Waals surface area (Å²) >= 11 is 0. The summed E-state index contributed by atoms with van der Waals surface area (Å²) in [6.45, 7) is 2.11. The Morgan fingerprint density at radius 1 is 0.800 bits per heavy atom. The predicted molar refractivity (Wildman–Crippen MR) is 83.9 cm³/mol. The smallest absolute Gasteiger partial charge is 0.142 e. The Kier molecular flexibility index (Phi) is 2.40. The Morgan fingerprint density at radius 3 is 2.60 bits per heavy atom. The van der Waals surface area contributed by atoms with Crippen molar-refractivity contribution >= 4 is 21.7 Å². The van der Waals surface area contributed by atoms with Crippen molar-refractivity contribution in [2.45, 2.75) is 6.92 Å². The molecule has 0 radical (unpaired) electrons. The lowest BCUT2D eigenvalue weighted by Gasteiger charge is -2.01. The van der Waals surface area contributed by atoms with Gasteiger partial charge < -0.3 is 4.42 Å². The van der Waals surface area contributed by atoms with E-state index in [2.05, 4.69) is 67.6 Å². The molecule has 1 aromatic heterocycles. The molecule has 0 aliphatic carbocycles. The van der Waals surface area contributed by atoms with Crippen LogP contribution in [0.3, 0.4) is 0 Å². The van der Waals surface area contributed by atoms with Gasteiger partial charge in [-0.1, -0.05) is 60.2 Å². The van der Waals surface area contributed by atoms with E-state index in [4.69, 9.17) is 4.42 Å². The first-order valence-electron chi connectivity index (χ1n) is 6.79. The lowest BCUT2D eigenvalue weighted by Crippen LogP contribution is -1.78. The second-order valence-electron chi connectivity index (χ2n) is 5.18. The first-order chi connectivity index (χ1) is 9.83. The summed E-state index contributed by atoms with van der Waals surface area (Å²) < 4.78 is 5.86. The van der Waals surface area contributed by atoms with Gasteiger partial charge in [0.25, 0.3) is 0 Å². The van der Waals surface area contributed by atoms with E-state index in [0.717, 1.165) is 11.1 Å². The molecule has 0 aliphatic rings. The summed E-state index contributed by atoms with van der Waals surface area (Å²) in [7, 11) is 0. The molecule has 4 aromatic rings. The van der Waals surface area contributed by atoms with Gasteiger partial charge in [-0.2, -0.15) is 0 Å². The fraction of sp³-hybridized carbons (Fsp3) is 0.0526. The molecule has 0 saturated carbocycles. The normalized spacial score (nSPS) is 11.2. The van der Waals surface area contributed by atoms with Crippen molar-refractivity contribution in [2.75, 3.05) is 0 Å². The second-order valence-corrected chi connectivity index (χ2v) is 5.18. The Balaban J connectivity index is 2.05. The third-order valence-corrected chi connectivity index (χ3v) is 3.79. The zero-order valence-electron chi connectivity index (χ0n) is 11.3. The standard InChI is InChI=1S/C19H14O/c1-13-5-4-7-15(11-13)18-12-20-19-16-8-3-2-6-14(16)9-10-17(18)19/h2-12H,1H3. The van der Waals surface area contributed by atoms with Crippen molar-refractivity contribution in [3.8, 4) is 11.1 Å². The van der Waals surface area contributed by atoms with Crippen LogP contribution in [0.4, 0.5) is 0 Å². The summed E-state index contributed by atoms with van der Waals surface area (Å²) in [5, 5.41) is 3.56. The average molecular weight is 258 g/mol. The average Bonchev–Trinajstić information content (AvgIpc) is 2.91. The monoisotopic (exact) mass is 258 g/mol. The van der Waals surface area contributed by atoms with Gasteiger partial charge in [0.2, 0.25) is 0 Å². The molecule has 0 atom stereocenters. The lowest BCUT2D eigenvalue weighted by molar-refractivity contribution is 0.620. The summed E-state index contributed by atoms with van der Waals surface area (Å²) in [5.74, 6) is 0. The molecule has 4 rings (SSSR count). The van der Waals surface area contributed by atoms with E-state index in [1.165, 1.54) is 27.3 Å². The van der Waals surface area contributed by atoms with Crippen LogP contribution < -0.4 is 0 Å². The van der Waals surface area contributed by atoms with Gasteiger partial charge in [-0.3, -0.25) is 0 Å². The van der Waals surface area contributed by atoms with Gasteiger partial charge in [0.1, 0.15) is 5.58 Å². The van der Waals surface area contributed by atoms with Crippen LogP contribution >= 0.6 is 0 Å². The molecule has 0 amide bonds. The maximum absolute atomic E-state index is 5.86. The van der Waals surface area contributed by atoms with Gasteiger partial charge in [-0.05, 0) is 23.9 Å². The van der Waals surface area contributed by atoms with Gasteiger partial charge >= 0.3 is 0 Å². The van der Waals surface area contributed by atoms with Crippen LogP contribution in [0.15, 0.2) is 71.3 Å². The highest BCUT2D eigenvalue weighted by molar-refractivity contribution is 6.09. The summed E-state index contributed by atoms with van der Waals surface area (Å²) in [4.78, 5) is 0. The zero-order chi connectivity index (χ0) is 13.5. The number of furan rings is 1. The van der Waals surface area contributed by atoms with Gasteiger partial charge in [0, 0.05) is 16.3 Å². The third-order valence-electron chi connectivity index (χ3n) is 3.79. The SMILES string of the molecule is Cc1cccc(-c2coc3c2ccc2ccccc23)c1. The molecular weight excluding hydrogens is 244 g/mol. The van der Waals surface area contributed by atoms with Crippen LogP contribution in [0, 0.1) is 6.92 Å². The third kappa shape index (κ3) is 1.64. The highest BCUT2D eigenvalue weighted by Crippen LogP contribution is 2.34. The predicted octanol–water partition coefficient (Wildman–Crippen LogP) is 5.56. The quantitative estimate of drug-likeness (QED) is 0.435. The molecule has 3 aromatic carbocycles. The van der Waals surface area contributed by atoms with Crippen molar-refractivity contribution in [3.63, 3.8) is 0 Å². The zero-order valence-corrected chi connectivity index (χ0v) is 11.3. The van der Waals surface area contributed by atoms with Crippen molar-refractivity contribution in [1.29, 1.82) is 0 Å².